The van der Waals surface area contributed by atoms with Crippen molar-refractivity contribution in [1.82, 2.24) is 0 Å². The number of anilines is 3. The van der Waals surface area contributed by atoms with Gasteiger partial charge >= 0.3 is 0 Å². The van der Waals surface area contributed by atoms with Crippen LogP contribution in [-0.2, 0) is 0 Å². The van der Waals surface area contributed by atoms with E-state index < -0.39 is 0 Å². The number of hydrogen-bond donors (Lipinski definition) is 0. The molecule has 2 nitrogen and oxygen atoms in total. The van der Waals surface area contributed by atoms with Crippen molar-refractivity contribution in [1.29, 1.82) is 0 Å². The van der Waals surface area contributed by atoms with Gasteiger partial charge < -0.3 is 9.32 Å². The highest BCUT2D eigenvalue weighted by molar-refractivity contribution is 6.19. The van der Waals surface area contributed by atoms with Crippen molar-refractivity contribution < 1.29 is 9.90 Å². The van der Waals surface area contributed by atoms with E-state index in [9.17, 15) is 5.48 Å². The molecule has 1 heterocycles. The molecule has 50 heavy (non-hydrogen) atoms. The van der Waals surface area contributed by atoms with E-state index in [4.69, 9.17) is 4.42 Å². The highest BCUT2D eigenvalue weighted by Crippen LogP contribution is 2.45. The average Bonchev–Trinajstić information content (AvgIpc) is 3.62. The average molecular weight is 642 g/mol. The monoisotopic (exact) mass is 641 g/mol. The topological polar surface area (TPSA) is 16.4 Å². The lowest BCUT2D eigenvalue weighted by Gasteiger charge is -2.27. The lowest BCUT2D eigenvalue weighted by molar-refractivity contribution is 0.672. The first kappa shape index (κ1) is 24.5. The van der Waals surface area contributed by atoms with Crippen LogP contribution in [0.3, 0.4) is 0 Å². The van der Waals surface area contributed by atoms with Crippen LogP contribution in [0.15, 0.2) is 192 Å². The third-order valence-corrected chi connectivity index (χ3v) is 9.73. The van der Waals surface area contributed by atoms with Gasteiger partial charge in [-0.05, 0) is 91.6 Å². The molecule has 0 aliphatic carbocycles. The minimum absolute atomic E-state index is 0.102. The smallest absolute Gasteiger partial charge is 0.143 e. The van der Waals surface area contributed by atoms with E-state index in [-0.39, 0.29) is 35.4 Å². The summed E-state index contributed by atoms with van der Waals surface area (Å²) in [5.41, 5.74) is 6.04. The maximum absolute atomic E-state index is 9.61. The molecule has 0 N–H and O–H groups in total. The summed E-state index contributed by atoms with van der Waals surface area (Å²) in [6.45, 7) is 0. The molecule has 10 aromatic rings. The summed E-state index contributed by atoms with van der Waals surface area (Å²) >= 11 is 0. The normalized spacial score (nSPS) is 12.7. The second-order valence-corrected chi connectivity index (χ2v) is 12.6. The van der Waals surface area contributed by atoms with Crippen molar-refractivity contribution in [3.63, 3.8) is 0 Å². The summed E-state index contributed by atoms with van der Waals surface area (Å²) in [5, 5.41) is 7.93. The van der Waals surface area contributed by atoms with E-state index >= 15 is 0 Å². The van der Waals surface area contributed by atoms with E-state index in [2.05, 4.69) is 66.7 Å². The lowest BCUT2D eigenvalue weighted by Crippen LogP contribution is -2.10. The lowest BCUT2D eigenvalue weighted by atomic mass is 9.97. The minimum Gasteiger partial charge on any atom is -0.455 e. The van der Waals surface area contributed by atoms with Crippen LogP contribution in [0.25, 0.3) is 76.5 Å². The molecular formula is C48H31NO. The van der Waals surface area contributed by atoms with E-state index in [1.165, 1.54) is 0 Å². The fraction of sp³-hybridized carbons (Fsp3) is 0. The Kier molecular flexibility index (Phi) is 5.64. The van der Waals surface area contributed by atoms with Gasteiger partial charge in [-0.25, -0.2) is 0 Å². The van der Waals surface area contributed by atoms with Crippen molar-refractivity contribution >= 4 is 71.3 Å². The number of nitrogens with zero attached hydrogens (tertiary/aromatic N) is 1. The van der Waals surface area contributed by atoms with Crippen LogP contribution in [0.5, 0.6) is 0 Å². The SMILES string of the molecule is [2H]c1c([2H])c(N(c2ccc(-c3cccc4ccccc34)cc2)c2cccc3oc4c5ccccc5ccc4c23)c([2H])c([2H])c1-c1cccc2ccccc12. The molecule has 0 atom stereocenters. The third-order valence-electron chi connectivity index (χ3n) is 9.73. The van der Waals surface area contributed by atoms with Gasteiger partial charge in [-0.1, -0.05) is 146 Å². The molecule has 10 rings (SSSR count). The van der Waals surface area contributed by atoms with Crippen LogP contribution in [0.4, 0.5) is 17.1 Å². The second-order valence-electron chi connectivity index (χ2n) is 12.6. The molecule has 0 unspecified atom stereocenters. The molecule has 0 saturated heterocycles. The molecule has 0 saturated carbocycles. The molecule has 1 aromatic heterocycles. The number of furan rings is 1. The van der Waals surface area contributed by atoms with E-state index in [0.717, 1.165) is 59.8 Å². The predicted octanol–water partition coefficient (Wildman–Crippen LogP) is 13.8. The molecule has 2 heteroatoms. The number of rotatable bonds is 5. The van der Waals surface area contributed by atoms with Crippen LogP contribution >= 0.6 is 0 Å². The standard InChI is InChI=1S/C48H31NO/c1-4-15-39-32(10-1)13-7-18-41(39)35-22-27-37(28-23-35)49(38-29-24-36(25-30-38)42-19-8-14-33-11-2-5-16-40(33)42)45-20-9-21-46-47(45)44-31-26-34-12-3-6-17-43(34)48(44)50-46/h1-31H/i22D,23D,27D,28D. The summed E-state index contributed by atoms with van der Waals surface area (Å²) in [4.78, 5) is 1.87. The van der Waals surface area contributed by atoms with E-state index in [1.54, 1.807) is 0 Å². The van der Waals surface area contributed by atoms with Crippen LogP contribution in [0, 0.1) is 0 Å². The zero-order valence-electron chi connectivity index (χ0n) is 30.9. The molecule has 0 aliphatic heterocycles. The maximum Gasteiger partial charge on any atom is 0.143 e. The van der Waals surface area contributed by atoms with E-state index in [0.29, 0.717) is 22.5 Å². The molecule has 0 spiro atoms. The molecule has 9 aromatic carbocycles. The van der Waals surface area contributed by atoms with Gasteiger partial charge in [0, 0.05) is 22.1 Å². The molecule has 0 amide bonds. The van der Waals surface area contributed by atoms with Crippen LogP contribution in [0.2, 0.25) is 0 Å². The van der Waals surface area contributed by atoms with Crippen LogP contribution in [-0.4, -0.2) is 0 Å². The van der Waals surface area contributed by atoms with Gasteiger partial charge in [0.1, 0.15) is 11.2 Å². The summed E-state index contributed by atoms with van der Waals surface area (Å²) < 4.78 is 44.7. The predicted molar refractivity (Wildman–Crippen MR) is 212 cm³/mol. The first-order valence-electron chi connectivity index (χ1n) is 18.8. The first-order chi connectivity index (χ1) is 26.5. The Bertz CT molecular complexity index is 3070. The Morgan fingerprint density at radius 2 is 0.960 bits per heavy atom. The van der Waals surface area contributed by atoms with Crippen molar-refractivity contribution in [3.05, 3.63) is 188 Å². The third kappa shape index (κ3) is 4.57. The van der Waals surface area contributed by atoms with Crippen molar-refractivity contribution in [3.8, 4) is 22.3 Å². The summed E-state index contributed by atoms with van der Waals surface area (Å²) in [6.07, 6.45) is 0. The minimum atomic E-state index is -0.132. The van der Waals surface area contributed by atoms with Gasteiger partial charge in [0.25, 0.3) is 0 Å². The maximum atomic E-state index is 9.61. The molecular weight excluding hydrogens is 607 g/mol. The fourth-order valence-electron chi connectivity index (χ4n) is 7.37. The fourth-order valence-corrected chi connectivity index (χ4v) is 7.37. The van der Waals surface area contributed by atoms with E-state index in [1.807, 2.05) is 102 Å². The van der Waals surface area contributed by atoms with Crippen molar-refractivity contribution in [2.75, 3.05) is 4.90 Å². The van der Waals surface area contributed by atoms with Crippen molar-refractivity contribution in [2.45, 2.75) is 0 Å². The van der Waals surface area contributed by atoms with Gasteiger partial charge in [0.05, 0.1) is 16.6 Å². The van der Waals surface area contributed by atoms with Crippen LogP contribution < -0.4 is 4.90 Å². The Morgan fingerprint density at radius 3 is 1.64 bits per heavy atom. The van der Waals surface area contributed by atoms with Gasteiger partial charge in [-0.3, -0.25) is 0 Å². The number of fused-ring (bicyclic) bond motifs is 7. The van der Waals surface area contributed by atoms with Gasteiger partial charge in [0.2, 0.25) is 0 Å². The zero-order chi connectivity index (χ0) is 36.5. The largest absolute Gasteiger partial charge is 0.455 e. The Morgan fingerprint density at radius 1 is 0.400 bits per heavy atom. The molecule has 0 bridgehead atoms. The van der Waals surface area contributed by atoms with Gasteiger partial charge in [-0.2, -0.15) is 0 Å². The zero-order valence-corrected chi connectivity index (χ0v) is 26.9. The summed E-state index contributed by atoms with van der Waals surface area (Å²) in [6, 6.07) is 54.0. The van der Waals surface area contributed by atoms with Crippen LogP contribution in [0.1, 0.15) is 5.48 Å². The van der Waals surface area contributed by atoms with Gasteiger partial charge in [0.15, 0.2) is 0 Å². The quantitative estimate of drug-likeness (QED) is 0.186. The first-order valence-corrected chi connectivity index (χ1v) is 16.8. The summed E-state index contributed by atoms with van der Waals surface area (Å²) in [5.74, 6) is 0. The molecule has 0 fully saturated rings. The number of benzene rings is 9. The number of hydrogen-bond acceptors (Lipinski definition) is 2. The summed E-state index contributed by atoms with van der Waals surface area (Å²) in [7, 11) is 0. The Labute approximate surface area is 295 Å². The molecule has 0 aliphatic rings. The highest BCUT2D eigenvalue weighted by atomic mass is 16.3. The highest BCUT2D eigenvalue weighted by Gasteiger charge is 2.21. The van der Waals surface area contributed by atoms with Gasteiger partial charge in [-0.15, -0.1) is 0 Å². The molecule has 234 valence electrons. The second kappa shape index (κ2) is 11.5. The Hall–Kier alpha value is -6.64. The van der Waals surface area contributed by atoms with Crippen molar-refractivity contribution in [2.24, 2.45) is 0 Å². The Balaban J connectivity index is 1.24. The molecule has 0 radical (unpaired) electrons.